The zero-order valence-corrected chi connectivity index (χ0v) is 28.6. The van der Waals surface area contributed by atoms with Gasteiger partial charge in [0.05, 0.1) is 40.8 Å². The molecular weight excluding hydrogens is 562 g/mol. The molecule has 41 heavy (non-hydrogen) atoms. The Morgan fingerprint density at radius 1 is 0.829 bits per heavy atom. The number of non-ortho nitro benzene ring substituents is 1. The molecule has 11 nitrogen and oxygen atoms in total. The van der Waals surface area contributed by atoms with E-state index in [1.807, 2.05) is 0 Å². The van der Waals surface area contributed by atoms with Crippen molar-refractivity contribution in [3.63, 3.8) is 0 Å². The third-order valence-electron chi connectivity index (χ3n) is 6.52. The Hall–Kier alpha value is -1.91. The number of hydrogen-bond acceptors (Lipinski definition) is 9. The first kappa shape index (κ1) is 37.1. The molecule has 0 aliphatic rings. The van der Waals surface area contributed by atoms with E-state index in [2.05, 4.69) is 51.5 Å². The van der Waals surface area contributed by atoms with Crippen molar-refractivity contribution in [1.82, 2.24) is 0 Å². The first-order valence-electron chi connectivity index (χ1n) is 14.7. The van der Waals surface area contributed by atoms with Crippen molar-refractivity contribution in [2.45, 2.75) is 122 Å². The molecule has 0 radical (unpaired) electrons. The lowest BCUT2D eigenvalue weighted by Crippen LogP contribution is -2.56. The van der Waals surface area contributed by atoms with Gasteiger partial charge in [-0.3, -0.25) is 20.2 Å². The second-order valence-electron chi connectivity index (χ2n) is 12.5. The van der Waals surface area contributed by atoms with Crippen LogP contribution >= 0.6 is 0 Å². The maximum Gasteiger partial charge on any atom is 0.299 e. The van der Waals surface area contributed by atoms with E-state index in [0.29, 0.717) is 0 Å². The summed E-state index contributed by atoms with van der Waals surface area (Å²) in [5.74, 6) is 0. The van der Waals surface area contributed by atoms with E-state index in [0.717, 1.165) is 25.3 Å². The van der Waals surface area contributed by atoms with Crippen molar-refractivity contribution in [2.24, 2.45) is 0 Å². The molecule has 1 aromatic rings. The number of nitro benzene ring substituents is 2. The maximum absolute atomic E-state index is 11.8. The molecule has 0 spiro atoms. The zero-order valence-electron chi connectivity index (χ0n) is 26.6. The van der Waals surface area contributed by atoms with Gasteiger partial charge in [-0.1, -0.05) is 51.9 Å². The minimum absolute atomic E-state index is 0.145. The molecule has 0 bridgehead atoms. The van der Waals surface area contributed by atoms with Gasteiger partial charge in [0.25, 0.3) is 11.4 Å². The molecule has 0 aliphatic carbocycles. The SMILES string of the molecule is CCCCCCCCC[C@H](O[Si](C)(C)C)[C@H](O[Si](C)(C)C)[C@H](OC)[C@H](COC)Nc1ccc([N+](=O)[O-])cc1[N+](=O)[O-]. The van der Waals surface area contributed by atoms with Crippen LogP contribution in [0, 0.1) is 20.2 Å². The predicted molar refractivity (Wildman–Crippen MR) is 169 cm³/mol. The summed E-state index contributed by atoms with van der Waals surface area (Å²) in [6.07, 6.45) is 7.82. The molecule has 0 unspecified atom stereocenters. The second kappa shape index (κ2) is 17.9. The van der Waals surface area contributed by atoms with Gasteiger partial charge in [0.15, 0.2) is 16.6 Å². The van der Waals surface area contributed by atoms with Crippen LogP contribution in [0.15, 0.2) is 18.2 Å². The number of ether oxygens (including phenoxy) is 2. The van der Waals surface area contributed by atoms with Crippen molar-refractivity contribution < 1.29 is 28.2 Å². The highest BCUT2D eigenvalue weighted by molar-refractivity contribution is 6.70. The molecule has 1 N–H and O–H groups in total. The Morgan fingerprint density at radius 3 is 1.90 bits per heavy atom. The zero-order chi connectivity index (χ0) is 31.2. The molecule has 236 valence electrons. The van der Waals surface area contributed by atoms with Gasteiger partial charge >= 0.3 is 0 Å². The highest BCUT2D eigenvalue weighted by atomic mass is 28.4. The number of nitrogens with zero attached hydrogens (tertiary/aromatic N) is 2. The third kappa shape index (κ3) is 14.2. The summed E-state index contributed by atoms with van der Waals surface area (Å²) < 4.78 is 25.2. The predicted octanol–water partition coefficient (Wildman–Crippen LogP) is 7.53. The normalized spacial score (nSPS) is 15.2. The Morgan fingerprint density at radius 2 is 1.41 bits per heavy atom. The van der Waals surface area contributed by atoms with Crippen LogP contribution in [0.2, 0.25) is 39.3 Å². The molecule has 0 saturated carbocycles. The van der Waals surface area contributed by atoms with Crippen LogP contribution in [0.3, 0.4) is 0 Å². The quantitative estimate of drug-likeness (QED) is 0.0607. The summed E-state index contributed by atoms with van der Waals surface area (Å²) >= 11 is 0. The van der Waals surface area contributed by atoms with Crippen LogP contribution in [0.1, 0.15) is 58.3 Å². The van der Waals surface area contributed by atoms with Crippen LogP contribution in [0.5, 0.6) is 0 Å². The van der Waals surface area contributed by atoms with Crippen molar-refractivity contribution in [3.8, 4) is 0 Å². The van der Waals surface area contributed by atoms with E-state index >= 15 is 0 Å². The van der Waals surface area contributed by atoms with Gasteiger partial charge in [-0.15, -0.1) is 0 Å². The van der Waals surface area contributed by atoms with Gasteiger partial charge in [-0.25, -0.2) is 0 Å². The Kier molecular flexibility index (Phi) is 16.2. The first-order valence-corrected chi connectivity index (χ1v) is 21.5. The van der Waals surface area contributed by atoms with E-state index in [4.69, 9.17) is 18.3 Å². The minimum atomic E-state index is -2.11. The van der Waals surface area contributed by atoms with Crippen LogP contribution in [-0.4, -0.2) is 71.7 Å². The van der Waals surface area contributed by atoms with Crippen LogP contribution in [0.4, 0.5) is 17.1 Å². The summed E-state index contributed by atoms with van der Waals surface area (Å²) in [5.41, 5.74) is -0.603. The summed E-state index contributed by atoms with van der Waals surface area (Å²) in [6.45, 7) is 15.2. The fraction of sp³-hybridized carbons (Fsp3) is 0.786. The lowest BCUT2D eigenvalue weighted by Gasteiger charge is -2.42. The highest BCUT2D eigenvalue weighted by Gasteiger charge is 2.41. The van der Waals surface area contributed by atoms with E-state index < -0.39 is 50.4 Å². The lowest BCUT2D eigenvalue weighted by molar-refractivity contribution is -0.393. The summed E-state index contributed by atoms with van der Waals surface area (Å²) in [5, 5.41) is 26.3. The van der Waals surface area contributed by atoms with E-state index in [1.54, 1.807) is 14.2 Å². The number of rotatable bonds is 22. The molecule has 1 aromatic carbocycles. The summed E-state index contributed by atoms with van der Waals surface area (Å²) in [4.78, 5) is 21.8. The molecule has 0 aliphatic heterocycles. The molecule has 4 atom stereocenters. The average Bonchev–Trinajstić information content (AvgIpc) is 2.86. The molecule has 0 heterocycles. The second-order valence-corrected chi connectivity index (χ2v) is 21.4. The molecule has 0 amide bonds. The first-order chi connectivity index (χ1) is 19.1. The van der Waals surface area contributed by atoms with E-state index in [-0.39, 0.29) is 24.1 Å². The van der Waals surface area contributed by atoms with Gasteiger partial charge in [0, 0.05) is 20.3 Å². The largest absolute Gasteiger partial charge is 0.412 e. The van der Waals surface area contributed by atoms with E-state index in [9.17, 15) is 20.2 Å². The van der Waals surface area contributed by atoms with Gasteiger partial charge < -0.3 is 23.6 Å². The van der Waals surface area contributed by atoms with Gasteiger partial charge in [0.2, 0.25) is 0 Å². The topological polar surface area (TPSA) is 135 Å². The lowest BCUT2D eigenvalue weighted by atomic mass is 9.96. The number of nitro groups is 2. The fourth-order valence-corrected chi connectivity index (χ4v) is 7.10. The van der Waals surface area contributed by atoms with Crippen molar-refractivity contribution in [3.05, 3.63) is 38.4 Å². The summed E-state index contributed by atoms with van der Waals surface area (Å²) in [7, 11) is -0.963. The molecule has 0 fully saturated rings. The minimum Gasteiger partial charge on any atom is -0.412 e. The monoisotopic (exact) mass is 615 g/mol. The summed E-state index contributed by atoms with van der Waals surface area (Å²) in [6, 6.07) is 3.00. The van der Waals surface area contributed by atoms with Crippen LogP contribution < -0.4 is 5.32 Å². The van der Waals surface area contributed by atoms with Crippen LogP contribution in [-0.2, 0) is 18.3 Å². The molecule has 0 aromatic heterocycles. The number of anilines is 1. The molecule has 0 saturated heterocycles. The van der Waals surface area contributed by atoms with Crippen molar-refractivity contribution >= 4 is 33.7 Å². The van der Waals surface area contributed by atoms with Crippen LogP contribution in [0.25, 0.3) is 0 Å². The average molecular weight is 616 g/mol. The number of nitrogens with one attached hydrogen (secondary N) is 1. The molecule has 13 heteroatoms. The van der Waals surface area contributed by atoms with Crippen molar-refractivity contribution in [2.75, 3.05) is 26.1 Å². The van der Waals surface area contributed by atoms with Gasteiger partial charge in [0.1, 0.15) is 11.8 Å². The number of methoxy groups -OCH3 is 2. The van der Waals surface area contributed by atoms with E-state index in [1.165, 1.54) is 44.2 Å². The van der Waals surface area contributed by atoms with Gasteiger partial charge in [-0.2, -0.15) is 0 Å². The number of benzene rings is 1. The third-order valence-corrected chi connectivity index (χ3v) is 8.51. The fourth-order valence-electron chi connectivity index (χ4n) is 4.84. The number of unbranched alkanes of at least 4 members (excludes halogenated alkanes) is 6. The Labute approximate surface area is 248 Å². The van der Waals surface area contributed by atoms with Gasteiger partial charge in [-0.05, 0) is 51.8 Å². The molecule has 1 rings (SSSR count). The Bertz CT molecular complexity index is 940. The highest BCUT2D eigenvalue weighted by Crippen LogP contribution is 2.32. The smallest absolute Gasteiger partial charge is 0.299 e. The Balaban J connectivity index is 3.40. The van der Waals surface area contributed by atoms with Crippen molar-refractivity contribution in [1.29, 1.82) is 0 Å². The standard InChI is InChI=1S/C28H53N3O8Si2/c1-10-11-12-13-14-15-16-17-26(38-40(4,5)6)28(39-41(7,8)9)27(37-3)24(21-36-2)29-23-19-18-22(30(32)33)20-25(23)31(34)35/h18-20,24,26-29H,10-17,21H2,1-9H3/t24-,26-,27+,28-/m0/s1. The maximum atomic E-state index is 11.8. The number of hydrogen-bond donors (Lipinski definition) is 1. The molecular formula is C28H53N3O8Si2.